The number of urea groups is 1. The van der Waals surface area contributed by atoms with E-state index in [0.29, 0.717) is 6.04 Å². The van der Waals surface area contributed by atoms with Crippen molar-refractivity contribution in [2.75, 3.05) is 6.54 Å². The van der Waals surface area contributed by atoms with E-state index in [1.807, 2.05) is 0 Å². The third-order valence-corrected chi connectivity index (χ3v) is 4.08. The highest BCUT2D eigenvalue weighted by molar-refractivity contribution is 5.76. The van der Waals surface area contributed by atoms with Gasteiger partial charge in [-0.3, -0.25) is 0 Å². The monoisotopic (exact) mass is 206 g/mol. The summed E-state index contributed by atoms with van der Waals surface area (Å²) in [5, 5.41) is 5.83. The molecule has 3 aliphatic rings. The summed E-state index contributed by atoms with van der Waals surface area (Å²) >= 11 is 0. The van der Waals surface area contributed by atoms with Gasteiger partial charge in [0.05, 0.1) is 0 Å². The molecule has 0 saturated carbocycles. The molecule has 3 nitrogen and oxygen atoms in total. The van der Waals surface area contributed by atoms with Gasteiger partial charge in [0.15, 0.2) is 0 Å². The minimum absolute atomic E-state index is 0.0126. The maximum atomic E-state index is 11.0. The molecule has 82 valence electrons. The van der Waals surface area contributed by atoms with Gasteiger partial charge in [-0.25, -0.2) is 4.79 Å². The first-order valence-electron chi connectivity index (χ1n) is 6.08. The van der Waals surface area contributed by atoms with Crippen molar-refractivity contribution in [1.82, 2.24) is 10.6 Å². The van der Waals surface area contributed by atoms with Crippen LogP contribution < -0.4 is 10.6 Å². The summed E-state index contributed by atoms with van der Waals surface area (Å²) in [6.07, 6.45) is 7.86. The van der Waals surface area contributed by atoms with Gasteiger partial charge in [-0.1, -0.05) is 11.1 Å². The van der Waals surface area contributed by atoms with Crippen LogP contribution in [0.25, 0.3) is 0 Å². The highest BCUT2D eigenvalue weighted by Gasteiger charge is 2.31. The van der Waals surface area contributed by atoms with Crippen molar-refractivity contribution < 1.29 is 4.79 Å². The molecule has 0 aromatic heterocycles. The van der Waals surface area contributed by atoms with Crippen LogP contribution in [0.5, 0.6) is 0 Å². The van der Waals surface area contributed by atoms with Gasteiger partial charge in [0.2, 0.25) is 0 Å². The molecule has 1 saturated heterocycles. The first-order chi connectivity index (χ1) is 7.33. The quantitative estimate of drug-likeness (QED) is 0.666. The number of rotatable bonds is 2. The number of carbonyl (C=O) groups is 1. The van der Waals surface area contributed by atoms with Gasteiger partial charge in [0, 0.05) is 12.6 Å². The third kappa shape index (κ3) is 1.64. The van der Waals surface area contributed by atoms with Gasteiger partial charge in [0.1, 0.15) is 0 Å². The zero-order valence-corrected chi connectivity index (χ0v) is 9.01. The molecule has 0 radical (unpaired) electrons. The van der Waals surface area contributed by atoms with E-state index in [-0.39, 0.29) is 6.03 Å². The van der Waals surface area contributed by atoms with E-state index < -0.39 is 0 Å². The second-order valence-electron chi connectivity index (χ2n) is 5.00. The molecule has 0 aromatic carbocycles. The summed E-state index contributed by atoms with van der Waals surface area (Å²) in [7, 11) is 0. The molecular formula is C12H18N2O. The highest BCUT2D eigenvalue weighted by atomic mass is 16.2. The van der Waals surface area contributed by atoms with E-state index in [1.54, 1.807) is 11.1 Å². The Bertz CT molecular complexity index is 322. The van der Waals surface area contributed by atoms with E-state index >= 15 is 0 Å². The summed E-state index contributed by atoms with van der Waals surface area (Å²) in [6, 6.07) is 0.383. The Labute approximate surface area is 90.3 Å². The molecule has 0 aromatic rings. The normalized spacial score (nSPS) is 34.3. The van der Waals surface area contributed by atoms with Crippen molar-refractivity contribution in [2.45, 2.75) is 44.6 Å². The van der Waals surface area contributed by atoms with Crippen LogP contribution in [0.1, 0.15) is 38.5 Å². The lowest BCUT2D eigenvalue weighted by Gasteiger charge is -2.17. The Morgan fingerprint density at radius 2 is 2.20 bits per heavy atom. The van der Waals surface area contributed by atoms with E-state index in [0.717, 1.165) is 18.9 Å². The lowest BCUT2D eigenvalue weighted by atomic mass is 9.92. The third-order valence-electron chi connectivity index (χ3n) is 4.08. The van der Waals surface area contributed by atoms with Gasteiger partial charge in [-0.15, -0.1) is 0 Å². The molecular weight excluding hydrogens is 188 g/mol. The second kappa shape index (κ2) is 3.54. The summed E-state index contributed by atoms with van der Waals surface area (Å²) in [5.74, 6) is 0.771. The molecule has 1 aliphatic heterocycles. The van der Waals surface area contributed by atoms with Crippen molar-refractivity contribution >= 4 is 6.03 Å². The molecule has 1 heterocycles. The van der Waals surface area contributed by atoms with Crippen LogP contribution >= 0.6 is 0 Å². The summed E-state index contributed by atoms with van der Waals surface area (Å²) in [5.41, 5.74) is 3.49. The van der Waals surface area contributed by atoms with E-state index in [2.05, 4.69) is 10.6 Å². The van der Waals surface area contributed by atoms with Crippen LogP contribution in [0.3, 0.4) is 0 Å². The Balaban J connectivity index is 1.62. The number of allylic oxidation sites excluding steroid dienone is 2. The number of hydrogen-bond acceptors (Lipinski definition) is 1. The van der Waals surface area contributed by atoms with Crippen LogP contribution in [0.4, 0.5) is 4.79 Å². The standard InChI is InChI=1S/C12H18N2O/c15-12-13-7-10(14-12)6-9-5-4-8-2-1-3-11(8)9/h9-10H,1-7H2,(H2,13,14,15). The van der Waals surface area contributed by atoms with Gasteiger partial charge >= 0.3 is 6.03 Å². The molecule has 2 N–H and O–H groups in total. The van der Waals surface area contributed by atoms with Crippen molar-refractivity contribution in [3.63, 3.8) is 0 Å². The van der Waals surface area contributed by atoms with Crippen LogP contribution in [-0.4, -0.2) is 18.6 Å². The van der Waals surface area contributed by atoms with Gasteiger partial charge in [-0.05, 0) is 44.4 Å². The molecule has 2 aliphatic carbocycles. The predicted molar refractivity (Wildman–Crippen MR) is 58.5 cm³/mol. The molecule has 2 amide bonds. The van der Waals surface area contributed by atoms with E-state index in [1.165, 1.54) is 32.1 Å². The van der Waals surface area contributed by atoms with E-state index in [9.17, 15) is 4.79 Å². The van der Waals surface area contributed by atoms with Crippen LogP contribution in [0.15, 0.2) is 11.1 Å². The van der Waals surface area contributed by atoms with E-state index in [4.69, 9.17) is 0 Å². The molecule has 3 rings (SSSR count). The fourth-order valence-electron chi connectivity index (χ4n) is 3.38. The zero-order valence-electron chi connectivity index (χ0n) is 9.01. The Morgan fingerprint density at radius 3 is 3.00 bits per heavy atom. The summed E-state index contributed by atoms with van der Waals surface area (Å²) in [4.78, 5) is 11.0. The lowest BCUT2D eigenvalue weighted by molar-refractivity contribution is 0.247. The van der Waals surface area contributed by atoms with Crippen LogP contribution in [-0.2, 0) is 0 Å². The minimum atomic E-state index is 0.0126. The topological polar surface area (TPSA) is 41.1 Å². The Hall–Kier alpha value is -0.990. The molecule has 0 spiro atoms. The summed E-state index contributed by atoms with van der Waals surface area (Å²) in [6.45, 7) is 0.817. The van der Waals surface area contributed by atoms with Crippen molar-refractivity contribution in [1.29, 1.82) is 0 Å². The summed E-state index contributed by atoms with van der Waals surface area (Å²) < 4.78 is 0. The average Bonchev–Trinajstić information content (AvgIpc) is 2.85. The highest BCUT2D eigenvalue weighted by Crippen LogP contribution is 2.44. The smallest absolute Gasteiger partial charge is 0.315 e. The molecule has 0 bridgehead atoms. The first-order valence-corrected chi connectivity index (χ1v) is 6.08. The van der Waals surface area contributed by atoms with Gasteiger partial charge in [0.25, 0.3) is 0 Å². The SMILES string of the molecule is O=C1NCC(CC2CCC3=C2CCC3)N1. The number of nitrogens with one attached hydrogen (secondary N) is 2. The van der Waals surface area contributed by atoms with Crippen molar-refractivity contribution in [2.24, 2.45) is 5.92 Å². The second-order valence-corrected chi connectivity index (χ2v) is 5.00. The Kier molecular flexibility index (Phi) is 2.19. The van der Waals surface area contributed by atoms with Crippen LogP contribution in [0, 0.1) is 5.92 Å². The van der Waals surface area contributed by atoms with Crippen LogP contribution in [0.2, 0.25) is 0 Å². The maximum absolute atomic E-state index is 11.0. The zero-order chi connectivity index (χ0) is 10.3. The molecule has 2 atom stereocenters. The fourth-order valence-corrected chi connectivity index (χ4v) is 3.38. The molecule has 1 fully saturated rings. The number of amides is 2. The number of carbonyl (C=O) groups excluding carboxylic acids is 1. The first kappa shape index (κ1) is 9.25. The predicted octanol–water partition coefficient (Wildman–Crippen LogP) is 1.95. The lowest BCUT2D eigenvalue weighted by Crippen LogP contribution is -2.28. The largest absolute Gasteiger partial charge is 0.336 e. The van der Waals surface area contributed by atoms with Gasteiger partial charge < -0.3 is 10.6 Å². The molecule has 3 heteroatoms. The minimum Gasteiger partial charge on any atom is -0.336 e. The fraction of sp³-hybridized carbons (Fsp3) is 0.750. The van der Waals surface area contributed by atoms with Crippen molar-refractivity contribution in [3.8, 4) is 0 Å². The molecule has 2 unspecified atom stereocenters. The molecule has 15 heavy (non-hydrogen) atoms. The average molecular weight is 206 g/mol. The number of hydrogen-bond donors (Lipinski definition) is 2. The Morgan fingerprint density at radius 1 is 1.27 bits per heavy atom. The van der Waals surface area contributed by atoms with Gasteiger partial charge in [-0.2, -0.15) is 0 Å². The van der Waals surface area contributed by atoms with Crippen molar-refractivity contribution in [3.05, 3.63) is 11.1 Å². The maximum Gasteiger partial charge on any atom is 0.315 e.